The van der Waals surface area contributed by atoms with Gasteiger partial charge in [0.05, 0.1) is 11.5 Å². The number of piperidine rings is 1. The number of hydrogen-bond acceptors (Lipinski definition) is 5. The number of carbonyl (C=O) groups is 2. The van der Waals surface area contributed by atoms with Gasteiger partial charge in [-0.1, -0.05) is 6.07 Å². The molecular weight excluding hydrogens is 274 g/mol. The molecule has 0 unspecified atom stereocenters. The molecule has 1 saturated heterocycles. The van der Waals surface area contributed by atoms with Gasteiger partial charge in [-0.3, -0.25) is 24.6 Å². The Hall–Kier alpha value is -2.44. The van der Waals surface area contributed by atoms with Crippen LogP contribution in [0.25, 0.3) is 0 Å². The maximum atomic E-state index is 11.8. The van der Waals surface area contributed by atoms with Crippen LogP contribution in [0.15, 0.2) is 18.2 Å². The van der Waals surface area contributed by atoms with Crippen LogP contribution in [0.1, 0.15) is 31.7 Å². The first-order valence-corrected chi connectivity index (χ1v) is 6.87. The molecule has 1 aliphatic rings. The molecular formula is C14H17N3O4. The Morgan fingerprint density at radius 3 is 2.52 bits per heavy atom. The van der Waals surface area contributed by atoms with Gasteiger partial charge < -0.3 is 5.32 Å². The second kappa shape index (κ2) is 6.34. The smallest absolute Gasteiger partial charge is 0.292 e. The Morgan fingerprint density at radius 2 is 1.95 bits per heavy atom. The Bertz CT molecular complexity index is 570. The zero-order valence-electron chi connectivity index (χ0n) is 11.8. The summed E-state index contributed by atoms with van der Waals surface area (Å²) in [6, 6.07) is 4.59. The van der Waals surface area contributed by atoms with Gasteiger partial charge in [0.2, 0.25) is 11.8 Å². The minimum absolute atomic E-state index is 0.0168. The fraction of sp³-hybridized carbons (Fsp3) is 0.429. The Kier molecular flexibility index (Phi) is 4.52. The van der Waals surface area contributed by atoms with Crippen LogP contribution in [0.4, 0.5) is 11.4 Å². The van der Waals surface area contributed by atoms with Gasteiger partial charge in [-0.2, -0.15) is 0 Å². The van der Waals surface area contributed by atoms with E-state index in [9.17, 15) is 19.7 Å². The molecule has 2 rings (SSSR count). The van der Waals surface area contributed by atoms with Crippen LogP contribution in [0.3, 0.4) is 0 Å². The van der Waals surface area contributed by atoms with Crippen LogP contribution in [0, 0.1) is 10.1 Å². The number of benzene rings is 1. The average Bonchev–Trinajstić information content (AvgIpc) is 2.43. The van der Waals surface area contributed by atoms with Crippen molar-refractivity contribution in [2.45, 2.75) is 32.7 Å². The molecule has 7 heteroatoms. The largest absolute Gasteiger partial charge is 0.380 e. The first kappa shape index (κ1) is 15.0. The average molecular weight is 291 g/mol. The van der Waals surface area contributed by atoms with E-state index in [-0.39, 0.29) is 24.0 Å². The van der Waals surface area contributed by atoms with Crippen molar-refractivity contribution in [3.63, 3.8) is 0 Å². The van der Waals surface area contributed by atoms with E-state index in [1.54, 1.807) is 12.1 Å². The van der Waals surface area contributed by atoms with Gasteiger partial charge in [-0.25, -0.2) is 0 Å². The minimum atomic E-state index is -0.459. The predicted molar refractivity (Wildman–Crippen MR) is 76.7 cm³/mol. The van der Waals surface area contributed by atoms with Crippen molar-refractivity contribution in [3.05, 3.63) is 33.9 Å². The second-order valence-corrected chi connectivity index (χ2v) is 4.87. The molecule has 0 aliphatic carbocycles. The summed E-state index contributed by atoms with van der Waals surface area (Å²) in [4.78, 5) is 35.3. The number of nitrogens with one attached hydrogen (secondary N) is 1. The molecule has 0 bridgehead atoms. The molecule has 0 aromatic heterocycles. The molecule has 0 radical (unpaired) electrons. The number of rotatable bonds is 5. The van der Waals surface area contributed by atoms with E-state index < -0.39 is 4.92 Å². The first-order valence-electron chi connectivity index (χ1n) is 6.87. The minimum Gasteiger partial charge on any atom is -0.380 e. The molecule has 0 spiro atoms. The van der Waals surface area contributed by atoms with Crippen molar-refractivity contribution in [2.24, 2.45) is 0 Å². The maximum absolute atomic E-state index is 11.8. The van der Waals surface area contributed by atoms with Crippen LogP contribution >= 0.6 is 0 Å². The third-order valence-corrected chi connectivity index (χ3v) is 3.35. The zero-order chi connectivity index (χ0) is 15.4. The fourth-order valence-electron chi connectivity index (χ4n) is 2.33. The van der Waals surface area contributed by atoms with Crippen LogP contribution in [-0.4, -0.2) is 28.2 Å². The number of carbonyl (C=O) groups excluding carboxylic acids is 2. The van der Waals surface area contributed by atoms with Gasteiger partial charge in [-0.05, 0) is 25.0 Å². The molecule has 2 amide bonds. The molecule has 1 aromatic rings. The summed E-state index contributed by atoms with van der Waals surface area (Å²) in [5, 5.41) is 13.9. The van der Waals surface area contributed by atoms with E-state index in [2.05, 4.69) is 5.32 Å². The highest BCUT2D eigenvalue weighted by Gasteiger charge is 2.26. The summed E-state index contributed by atoms with van der Waals surface area (Å²) in [7, 11) is 0. The Balaban J connectivity index is 2.24. The van der Waals surface area contributed by atoms with Gasteiger partial charge in [0.1, 0.15) is 5.69 Å². The predicted octanol–water partition coefficient (Wildman–Crippen LogP) is 2.07. The molecule has 1 fully saturated rings. The highest BCUT2D eigenvalue weighted by atomic mass is 16.6. The highest BCUT2D eigenvalue weighted by Crippen LogP contribution is 2.26. The molecule has 1 heterocycles. The van der Waals surface area contributed by atoms with Gasteiger partial charge >= 0.3 is 0 Å². The summed E-state index contributed by atoms with van der Waals surface area (Å²) in [5.74, 6) is -0.371. The molecule has 21 heavy (non-hydrogen) atoms. The van der Waals surface area contributed by atoms with Gasteiger partial charge in [0, 0.05) is 25.5 Å². The topological polar surface area (TPSA) is 92.6 Å². The number of amides is 2. The van der Waals surface area contributed by atoms with Crippen LogP contribution in [-0.2, 0) is 16.1 Å². The number of nitrogens with zero attached hydrogens (tertiary/aromatic N) is 2. The lowest BCUT2D eigenvalue weighted by Gasteiger charge is -2.25. The molecule has 1 aromatic carbocycles. The monoisotopic (exact) mass is 291 g/mol. The summed E-state index contributed by atoms with van der Waals surface area (Å²) < 4.78 is 0. The molecule has 1 aliphatic heterocycles. The third-order valence-electron chi connectivity index (χ3n) is 3.35. The van der Waals surface area contributed by atoms with Gasteiger partial charge in [-0.15, -0.1) is 0 Å². The SMILES string of the molecule is CCNc1cc(CN2C(=O)CCCC2=O)ccc1[N+](=O)[O-]. The summed E-state index contributed by atoms with van der Waals surface area (Å²) in [5.41, 5.74) is 1.08. The number of anilines is 1. The number of imide groups is 1. The van der Waals surface area contributed by atoms with E-state index in [0.717, 1.165) is 0 Å². The van der Waals surface area contributed by atoms with Crippen molar-refractivity contribution in [1.29, 1.82) is 0 Å². The van der Waals surface area contributed by atoms with Crippen molar-refractivity contribution < 1.29 is 14.5 Å². The molecule has 112 valence electrons. The molecule has 0 atom stereocenters. The Morgan fingerprint density at radius 1 is 1.29 bits per heavy atom. The second-order valence-electron chi connectivity index (χ2n) is 4.87. The van der Waals surface area contributed by atoms with Crippen LogP contribution < -0.4 is 5.32 Å². The van der Waals surface area contributed by atoms with Gasteiger partial charge in [0.15, 0.2) is 0 Å². The fourth-order valence-corrected chi connectivity index (χ4v) is 2.33. The summed E-state index contributed by atoms with van der Waals surface area (Å²) in [6.45, 7) is 2.55. The molecule has 7 nitrogen and oxygen atoms in total. The van der Waals surface area contributed by atoms with E-state index in [1.165, 1.54) is 11.0 Å². The van der Waals surface area contributed by atoms with E-state index >= 15 is 0 Å². The standard InChI is InChI=1S/C14H17N3O4/c1-2-15-11-8-10(6-7-12(11)17(20)21)9-16-13(18)4-3-5-14(16)19/h6-8,15H,2-5,9H2,1H3. The zero-order valence-corrected chi connectivity index (χ0v) is 11.8. The maximum Gasteiger partial charge on any atom is 0.292 e. The summed E-state index contributed by atoms with van der Waals surface area (Å²) >= 11 is 0. The first-order chi connectivity index (χ1) is 10.0. The van der Waals surface area contributed by atoms with Crippen molar-refractivity contribution in [3.8, 4) is 0 Å². The number of nitro groups is 1. The lowest BCUT2D eigenvalue weighted by Crippen LogP contribution is -2.39. The third kappa shape index (κ3) is 3.36. The van der Waals surface area contributed by atoms with Crippen LogP contribution in [0.5, 0.6) is 0 Å². The molecule has 1 N–H and O–H groups in total. The number of hydrogen-bond donors (Lipinski definition) is 1. The van der Waals surface area contributed by atoms with Crippen molar-refractivity contribution >= 4 is 23.2 Å². The lowest BCUT2D eigenvalue weighted by molar-refractivity contribution is -0.384. The Labute approximate surface area is 122 Å². The van der Waals surface area contributed by atoms with Crippen molar-refractivity contribution in [2.75, 3.05) is 11.9 Å². The van der Waals surface area contributed by atoms with Crippen molar-refractivity contribution in [1.82, 2.24) is 4.90 Å². The normalized spacial score (nSPS) is 15.2. The lowest BCUT2D eigenvalue weighted by atomic mass is 10.1. The quantitative estimate of drug-likeness (QED) is 0.509. The highest BCUT2D eigenvalue weighted by molar-refractivity contribution is 5.97. The summed E-state index contributed by atoms with van der Waals surface area (Å²) in [6.07, 6.45) is 1.34. The van der Waals surface area contributed by atoms with E-state index in [4.69, 9.17) is 0 Å². The van der Waals surface area contributed by atoms with E-state index in [0.29, 0.717) is 37.1 Å². The molecule has 0 saturated carbocycles. The van der Waals surface area contributed by atoms with Crippen LogP contribution in [0.2, 0.25) is 0 Å². The number of likely N-dealkylation sites (tertiary alicyclic amines) is 1. The number of nitro benzene ring substituents is 1. The van der Waals surface area contributed by atoms with Gasteiger partial charge in [0.25, 0.3) is 5.69 Å². The van der Waals surface area contributed by atoms with E-state index in [1.807, 2.05) is 6.92 Å².